The summed E-state index contributed by atoms with van der Waals surface area (Å²) in [5.41, 5.74) is 4.25. The molecule has 0 bridgehead atoms. The Morgan fingerprint density at radius 1 is 1.10 bits per heavy atom. The highest BCUT2D eigenvalue weighted by Crippen LogP contribution is 2.26. The summed E-state index contributed by atoms with van der Waals surface area (Å²) < 4.78 is 12.0. The fraction of sp³-hybridized carbons (Fsp3) is 0.278. The largest absolute Gasteiger partial charge is 0.251 e. The van der Waals surface area contributed by atoms with Crippen LogP contribution in [0, 0.1) is 0 Å². The van der Waals surface area contributed by atoms with E-state index < -0.39 is 0 Å². The molecule has 0 atom stereocenters. The van der Waals surface area contributed by atoms with E-state index in [1.165, 1.54) is 0 Å². The van der Waals surface area contributed by atoms with E-state index >= 15 is 0 Å². The normalized spacial score (nSPS) is 10.5. The molecule has 0 N–H and O–H groups in total. The number of alkyl halides is 1. The fourth-order valence-corrected chi connectivity index (χ4v) is 3.05. The summed E-state index contributed by atoms with van der Waals surface area (Å²) in [6.45, 7) is 7.43. The van der Waals surface area contributed by atoms with Crippen molar-refractivity contribution in [3.8, 4) is 11.3 Å². The number of rotatable bonds is 8. The maximum atomic E-state index is 12.0. The van der Waals surface area contributed by atoms with Crippen molar-refractivity contribution in [3.05, 3.63) is 52.9 Å². The van der Waals surface area contributed by atoms with E-state index in [-0.39, 0.29) is 6.67 Å². The molecule has 0 unspecified atom stereocenters. The van der Waals surface area contributed by atoms with Crippen LogP contribution in [0.3, 0.4) is 0 Å². The highest BCUT2D eigenvalue weighted by molar-refractivity contribution is 7.09. The second kappa shape index (κ2) is 7.89. The van der Waals surface area contributed by atoms with Crippen LogP contribution in [-0.2, 0) is 6.42 Å². The van der Waals surface area contributed by atoms with Gasteiger partial charge in [-0.2, -0.15) is 0 Å². The first-order valence-electron chi connectivity index (χ1n) is 7.18. The number of nitrogens with zero attached hydrogens (tertiary/aromatic N) is 1. The first-order valence-corrected chi connectivity index (χ1v) is 8.06. The molecule has 0 aliphatic carbocycles. The Hall–Kier alpha value is -1.74. The van der Waals surface area contributed by atoms with Gasteiger partial charge in [-0.1, -0.05) is 43.9 Å². The lowest BCUT2D eigenvalue weighted by molar-refractivity contribution is 0.456. The highest BCUT2D eigenvalue weighted by atomic mass is 32.1. The molecule has 0 aliphatic heterocycles. The zero-order chi connectivity index (χ0) is 15.1. The number of thiazole rings is 1. The van der Waals surface area contributed by atoms with Crippen LogP contribution >= 0.6 is 11.3 Å². The van der Waals surface area contributed by atoms with Crippen LogP contribution in [0.1, 0.15) is 35.4 Å². The standard InChI is InChI=1S/C18H20FNS/c1-3-14-9-10-16(12-15(14)4-2)17-13-21-18(20-17)8-6-5-7-11-19/h3-4,9-10,12-13H,1-2,5-8,11H2. The molecule has 1 aromatic carbocycles. The maximum Gasteiger partial charge on any atom is 0.0932 e. The molecule has 0 spiro atoms. The minimum atomic E-state index is -0.219. The summed E-state index contributed by atoms with van der Waals surface area (Å²) in [6, 6.07) is 6.19. The summed E-state index contributed by atoms with van der Waals surface area (Å²) in [4.78, 5) is 4.67. The Bertz CT molecular complexity index is 615. The molecular weight excluding hydrogens is 281 g/mol. The Morgan fingerprint density at radius 2 is 1.90 bits per heavy atom. The Kier molecular flexibility index (Phi) is 5.88. The third kappa shape index (κ3) is 4.11. The quantitative estimate of drug-likeness (QED) is 0.563. The zero-order valence-electron chi connectivity index (χ0n) is 12.1. The van der Waals surface area contributed by atoms with E-state index in [0.717, 1.165) is 46.7 Å². The average Bonchev–Trinajstić information content (AvgIpc) is 2.99. The van der Waals surface area contributed by atoms with E-state index in [1.54, 1.807) is 11.3 Å². The lowest BCUT2D eigenvalue weighted by atomic mass is 10.0. The van der Waals surface area contributed by atoms with Gasteiger partial charge in [0.2, 0.25) is 0 Å². The van der Waals surface area contributed by atoms with Gasteiger partial charge in [-0.25, -0.2) is 4.98 Å². The van der Waals surface area contributed by atoms with Crippen LogP contribution in [0.5, 0.6) is 0 Å². The number of hydrogen-bond acceptors (Lipinski definition) is 2. The molecule has 1 heterocycles. The monoisotopic (exact) mass is 301 g/mol. The van der Waals surface area contributed by atoms with Gasteiger partial charge in [0.05, 0.1) is 17.4 Å². The molecule has 0 aliphatic rings. The van der Waals surface area contributed by atoms with Gasteiger partial charge in [0, 0.05) is 10.9 Å². The van der Waals surface area contributed by atoms with Gasteiger partial charge in [-0.15, -0.1) is 11.3 Å². The Balaban J connectivity index is 2.10. The molecule has 110 valence electrons. The molecule has 0 saturated heterocycles. The molecule has 3 heteroatoms. The van der Waals surface area contributed by atoms with Gasteiger partial charge < -0.3 is 0 Å². The molecule has 0 amide bonds. The number of halogens is 1. The number of unbranched alkanes of at least 4 members (excludes halogenated alkanes) is 2. The van der Waals surface area contributed by atoms with Crippen molar-refractivity contribution in [3.63, 3.8) is 0 Å². The Labute approximate surface area is 129 Å². The van der Waals surface area contributed by atoms with Gasteiger partial charge in [0.1, 0.15) is 0 Å². The van der Waals surface area contributed by atoms with Crippen LogP contribution in [0.25, 0.3) is 23.4 Å². The summed E-state index contributed by atoms with van der Waals surface area (Å²) >= 11 is 1.67. The van der Waals surface area contributed by atoms with Crippen molar-refractivity contribution in [2.75, 3.05) is 6.67 Å². The average molecular weight is 301 g/mol. The van der Waals surface area contributed by atoms with Crippen molar-refractivity contribution >= 4 is 23.5 Å². The smallest absolute Gasteiger partial charge is 0.0932 e. The molecule has 1 nitrogen and oxygen atoms in total. The SMILES string of the molecule is C=Cc1ccc(-c2csc(CCCCCF)n2)cc1C=C. The number of aryl methyl sites for hydroxylation is 1. The van der Waals surface area contributed by atoms with Crippen LogP contribution < -0.4 is 0 Å². The number of aromatic nitrogens is 1. The van der Waals surface area contributed by atoms with Crippen LogP contribution in [0.4, 0.5) is 4.39 Å². The molecule has 0 radical (unpaired) electrons. The minimum absolute atomic E-state index is 0.219. The second-order valence-electron chi connectivity index (χ2n) is 4.88. The van der Waals surface area contributed by atoms with Gasteiger partial charge in [-0.05, 0) is 36.5 Å². The first kappa shape index (κ1) is 15.6. The van der Waals surface area contributed by atoms with Gasteiger partial charge in [-0.3, -0.25) is 4.39 Å². The Morgan fingerprint density at radius 3 is 2.62 bits per heavy atom. The van der Waals surface area contributed by atoms with Gasteiger partial charge in [0.15, 0.2) is 0 Å². The summed E-state index contributed by atoms with van der Waals surface area (Å²) in [7, 11) is 0. The molecule has 0 fully saturated rings. The third-order valence-corrected chi connectivity index (χ3v) is 4.31. The van der Waals surface area contributed by atoms with E-state index in [4.69, 9.17) is 0 Å². The number of benzene rings is 1. The lowest BCUT2D eigenvalue weighted by Gasteiger charge is -2.03. The van der Waals surface area contributed by atoms with Crippen LogP contribution in [0.15, 0.2) is 36.7 Å². The van der Waals surface area contributed by atoms with Crippen molar-refractivity contribution < 1.29 is 4.39 Å². The topological polar surface area (TPSA) is 12.9 Å². The molecule has 0 saturated carbocycles. The molecule has 1 aromatic heterocycles. The molecule has 2 rings (SSSR count). The van der Waals surface area contributed by atoms with Crippen molar-refractivity contribution in [2.24, 2.45) is 0 Å². The predicted molar refractivity (Wildman–Crippen MR) is 91.3 cm³/mol. The maximum absolute atomic E-state index is 12.0. The predicted octanol–water partition coefficient (Wildman–Crippen LogP) is 5.78. The zero-order valence-corrected chi connectivity index (χ0v) is 13.0. The summed E-state index contributed by atoms with van der Waals surface area (Å²) in [6.07, 6.45) is 7.20. The lowest BCUT2D eigenvalue weighted by Crippen LogP contribution is -1.87. The van der Waals surface area contributed by atoms with Crippen LogP contribution in [-0.4, -0.2) is 11.7 Å². The highest BCUT2D eigenvalue weighted by Gasteiger charge is 2.06. The summed E-state index contributed by atoms with van der Waals surface area (Å²) in [5.74, 6) is 0. The first-order chi connectivity index (χ1) is 10.3. The van der Waals surface area contributed by atoms with E-state index in [9.17, 15) is 4.39 Å². The van der Waals surface area contributed by atoms with Crippen LogP contribution in [0.2, 0.25) is 0 Å². The minimum Gasteiger partial charge on any atom is -0.251 e. The fourth-order valence-electron chi connectivity index (χ4n) is 2.20. The van der Waals surface area contributed by atoms with E-state index in [2.05, 4.69) is 35.7 Å². The van der Waals surface area contributed by atoms with E-state index in [1.807, 2.05) is 18.2 Å². The molecule has 21 heavy (non-hydrogen) atoms. The van der Waals surface area contributed by atoms with Crippen molar-refractivity contribution in [2.45, 2.75) is 25.7 Å². The van der Waals surface area contributed by atoms with E-state index in [0.29, 0.717) is 6.42 Å². The summed E-state index contributed by atoms with van der Waals surface area (Å²) in [5, 5.41) is 3.21. The van der Waals surface area contributed by atoms with Gasteiger partial charge >= 0.3 is 0 Å². The van der Waals surface area contributed by atoms with Crippen molar-refractivity contribution in [1.82, 2.24) is 4.98 Å². The number of hydrogen-bond donors (Lipinski definition) is 0. The van der Waals surface area contributed by atoms with Crippen molar-refractivity contribution in [1.29, 1.82) is 0 Å². The second-order valence-corrected chi connectivity index (χ2v) is 5.82. The van der Waals surface area contributed by atoms with Gasteiger partial charge in [0.25, 0.3) is 0 Å². The molecule has 2 aromatic rings. The molecular formula is C18H20FNS. The third-order valence-electron chi connectivity index (χ3n) is 3.40.